The Morgan fingerprint density at radius 3 is 2.40 bits per heavy atom. The van der Waals surface area contributed by atoms with E-state index < -0.39 is 0 Å². The smallest absolute Gasteiger partial charge is 0.316 e. The molecule has 4 heteroatoms. The fraction of sp³-hybridized carbons (Fsp3) is 0.750. The van der Waals surface area contributed by atoms with Crippen molar-refractivity contribution in [3.63, 3.8) is 0 Å². The number of nitrogens with zero attached hydrogens (tertiary/aromatic N) is 2. The molecule has 0 bridgehead atoms. The van der Waals surface area contributed by atoms with Crippen LogP contribution in [-0.2, 0) is 6.54 Å². The zero-order chi connectivity index (χ0) is 15.3. The summed E-state index contributed by atoms with van der Waals surface area (Å²) in [6.07, 6.45) is 3.02. The van der Waals surface area contributed by atoms with E-state index in [1.807, 2.05) is 13.1 Å². The molecule has 1 N–H and O–H groups in total. The minimum Gasteiger partial charge on any atom is -0.460 e. The standard InChI is InChI=1S/C16H29N3O/c1-11(2)8-12(3)20-15-17-9-14(13(4)19-15)10-18-16(5,6)7/h9,11-12,18H,8,10H2,1-7H3. The summed E-state index contributed by atoms with van der Waals surface area (Å²) >= 11 is 0. The average molecular weight is 279 g/mol. The number of aryl methyl sites for hydroxylation is 1. The van der Waals surface area contributed by atoms with Crippen LogP contribution >= 0.6 is 0 Å². The summed E-state index contributed by atoms with van der Waals surface area (Å²) in [6.45, 7) is 15.7. The van der Waals surface area contributed by atoms with Crippen molar-refractivity contribution in [3.05, 3.63) is 17.5 Å². The van der Waals surface area contributed by atoms with Gasteiger partial charge in [-0.25, -0.2) is 9.97 Å². The minimum absolute atomic E-state index is 0.0907. The molecule has 1 unspecified atom stereocenters. The van der Waals surface area contributed by atoms with Crippen LogP contribution in [0.2, 0.25) is 0 Å². The zero-order valence-electron chi connectivity index (χ0n) is 13.9. The first-order chi connectivity index (χ1) is 9.17. The number of rotatable bonds is 6. The first-order valence-electron chi connectivity index (χ1n) is 7.41. The van der Waals surface area contributed by atoms with Gasteiger partial charge in [0.25, 0.3) is 0 Å². The van der Waals surface area contributed by atoms with Crippen LogP contribution in [0.1, 0.15) is 59.2 Å². The molecule has 0 saturated heterocycles. The summed E-state index contributed by atoms with van der Waals surface area (Å²) in [7, 11) is 0. The van der Waals surface area contributed by atoms with E-state index in [1.54, 1.807) is 0 Å². The van der Waals surface area contributed by atoms with Gasteiger partial charge < -0.3 is 10.1 Å². The number of nitrogens with one attached hydrogen (secondary N) is 1. The van der Waals surface area contributed by atoms with Crippen LogP contribution in [0.25, 0.3) is 0 Å². The molecule has 0 fully saturated rings. The third-order valence-electron chi connectivity index (χ3n) is 2.98. The van der Waals surface area contributed by atoms with Gasteiger partial charge in [0, 0.05) is 29.5 Å². The second kappa shape index (κ2) is 7.02. The highest BCUT2D eigenvalue weighted by Gasteiger charge is 2.12. The van der Waals surface area contributed by atoms with Crippen molar-refractivity contribution >= 4 is 0 Å². The lowest BCUT2D eigenvalue weighted by molar-refractivity contribution is 0.177. The summed E-state index contributed by atoms with van der Waals surface area (Å²) in [5, 5.41) is 3.44. The summed E-state index contributed by atoms with van der Waals surface area (Å²) in [4.78, 5) is 8.76. The topological polar surface area (TPSA) is 47.0 Å². The predicted molar refractivity (Wildman–Crippen MR) is 82.9 cm³/mol. The Kier molecular flexibility index (Phi) is 5.93. The third-order valence-corrected chi connectivity index (χ3v) is 2.98. The van der Waals surface area contributed by atoms with E-state index in [1.165, 1.54) is 0 Å². The van der Waals surface area contributed by atoms with Crippen LogP contribution in [0.4, 0.5) is 0 Å². The highest BCUT2D eigenvalue weighted by molar-refractivity contribution is 5.18. The fourth-order valence-electron chi connectivity index (χ4n) is 1.95. The molecular weight excluding hydrogens is 250 g/mol. The van der Waals surface area contributed by atoms with E-state index in [2.05, 4.69) is 56.8 Å². The zero-order valence-corrected chi connectivity index (χ0v) is 13.9. The van der Waals surface area contributed by atoms with E-state index >= 15 is 0 Å². The second-order valence-corrected chi connectivity index (χ2v) is 6.92. The van der Waals surface area contributed by atoms with Crippen molar-refractivity contribution in [2.75, 3.05) is 0 Å². The highest BCUT2D eigenvalue weighted by atomic mass is 16.5. The lowest BCUT2D eigenvalue weighted by Crippen LogP contribution is -2.35. The quantitative estimate of drug-likeness (QED) is 0.866. The van der Waals surface area contributed by atoms with Crippen LogP contribution < -0.4 is 10.1 Å². The molecule has 0 spiro atoms. The van der Waals surface area contributed by atoms with Crippen LogP contribution in [0.3, 0.4) is 0 Å². The summed E-state index contributed by atoms with van der Waals surface area (Å²) < 4.78 is 5.76. The summed E-state index contributed by atoms with van der Waals surface area (Å²) in [5.74, 6) is 0.612. The van der Waals surface area contributed by atoms with Crippen molar-refractivity contribution in [3.8, 4) is 6.01 Å². The Balaban J connectivity index is 2.63. The van der Waals surface area contributed by atoms with E-state index in [0.717, 1.165) is 24.2 Å². The monoisotopic (exact) mass is 279 g/mol. The molecule has 0 saturated carbocycles. The van der Waals surface area contributed by atoms with Crippen LogP contribution in [0.15, 0.2) is 6.20 Å². The molecule has 0 aromatic carbocycles. The molecule has 20 heavy (non-hydrogen) atoms. The summed E-state index contributed by atoms with van der Waals surface area (Å²) in [5.41, 5.74) is 2.18. The van der Waals surface area contributed by atoms with Crippen molar-refractivity contribution in [2.45, 2.75) is 73.1 Å². The lowest BCUT2D eigenvalue weighted by atomic mass is 10.1. The van der Waals surface area contributed by atoms with Crippen LogP contribution in [0, 0.1) is 12.8 Å². The van der Waals surface area contributed by atoms with Crippen molar-refractivity contribution < 1.29 is 4.74 Å². The maximum Gasteiger partial charge on any atom is 0.316 e. The molecule has 0 aliphatic rings. The molecule has 1 rings (SSSR count). The van der Waals surface area contributed by atoms with Gasteiger partial charge in [-0.05, 0) is 47.0 Å². The predicted octanol–water partition coefficient (Wildman–Crippen LogP) is 3.49. The SMILES string of the molecule is Cc1nc(OC(C)CC(C)C)ncc1CNC(C)(C)C. The van der Waals surface area contributed by atoms with Crippen LogP contribution in [-0.4, -0.2) is 21.6 Å². The van der Waals surface area contributed by atoms with Gasteiger partial charge in [-0.3, -0.25) is 0 Å². The number of hydrogen-bond acceptors (Lipinski definition) is 4. The van der Waals surface area contributed by atoms with Gasteiger partial charge in [0.05, 0.1) is 6.10 Å². The molecule has 4 nitrogen and oxygen atoms in total. The first-order valence-corrected chi connectivity index (χ1v) is 7.41. The highest BCUT2D eigenvalue weighted by Crippen LogP contribution is 2.14. The van der Waals surface area contributed by atoms with E-state index in [9.17, 15) is 0 Å². The first kappa shape index (κ1) is 16.9. The molecule has 1 aromatic rings. The molecule has 0 radical (unpaired) electrons. The molecule has 0 aliphatic carbocycles. The van der Waals surface area contributed by atoms with Crippen molar-refractivity contribution in [1.29, 1.82) is 0 Å². The summed E-state index contributed by atoms with van der Waals surface area (Å²) in [6, 6.07) is 0.482. The maximum absolute atomic E-state index is 5.76. The van der Waals surface area contributed by atoms with Gasteiger partial charge in [-0.15, -0.1) is 0 Å². The van der Waals surface area contributed by atoms with Crippen molar-refractivity contribution in [2.24, 2.45) is 5.92 Å². The number of ether oxygens (including phenoxy) is 1. The molecule has 1 aromatic heterocycles. The van der Waals surface area contributed by atoms with Crippen molar-refractivity contribution in [1.82, 2.24) is 15.3 Å². The molecule has 114 valence electrons. The van der Waals surface area contributed by atoms with Gasteiger partial charge >= 0.3 is 6.01 Å². The van der Waals surface area contributed by atoms with Gasteiger partial charge in [0.1, 0.15) is 0 Å². The molecule has 0 aliphatic heterocycles. The molecule has 0 amide bonds. The largest absolute Gasteiger partial charge is 0.460 e. The van der Waals surface area contributed by atoms with Gasteiger partial charge in [0.15, 0.2) is 0 Å². The third kappa shape index (κ3) is 6.33. The Morgan fingerprint density at radius 1 is 1.25 bits per heavy atom. The number of aromatic nitrogens is 2. The Morgan fingerprint density at radius 2 is 1.90 bits per heavy atom. The fourth-order valence-corrected chi connectivity index (χ4v) is 1.95. The Labute approximate surface area is 123 Å². The average Bonchev–Trinajstić information content (AvgIpc) is 2.25. The van der Waals surface area contributed by atoms with Gasteiger partial charge in [-0.1, -0.05) is 13.8 Å². The van der Waals surface area contributed by atoms with Crippen LogP contribution in [0.5, 0.6) is 6.01 Å². The Hall–Kier alpha value is -1.16. The second-order valence-electron chi connectivity index (χ2n) is 6.92. The Bertz CT molecular complexity index is 424. The number of hydrogen-bond donors (Lipinski definition) is 1. The minimum atomic E-state index is 0.0907. The lowest BCUT2D eigenvalue weighted by Gasteiger charge is -2.21. The molecule has 1 atom stereocenters. The van der Waals surface area contributed by atoms with E-state index in [-0.39, 0.29) is 11.6 Å². The van der Waals surface area contributed by atoms with Gasteiger partial charge in [-0.2, -0.15) is 0 Å². The van der Waals surface area contributed by atoms with E-state index in [0.29, 0.717) is 11.9 Å². The normalized spacial score (nSPS) is 13.6. The van der Waals surface area contributed by atoms with E-state index in [4.69, 9.17) is 4.74 Å². The molecule has 1 heterocycles. The molecular formula is C16H29N3O. The maximum atomic E-state index is 5.76. The van der Waals surface area contributed by atoms with Gasteiger partial charge in [0.2, 0.25) is 0 Å².